The third-order valence-electron chi connectivity index (χ3n) is 7.49. The predicted octanol–water partition coefficient (Wildman–Crippen LogP) is 5.23. The van der Waals surface area contributed by atoms with E-state index in [0.717, 1.165) is 53.4 Å². The van der Waals surface area contributed by atoms with E-state index in [4.69, 9.17) is 4.74 Å². The number of nitrogens with zero attached hydrogens (tertiary/aromatic N) is 3. The summed E-state index contributed by atoms with van der Waals surface area (Å²) in [5.74, 6) is 1.76. The van der Waals surface area contributed by atoms with Crippen LogP contribution < -0.4 is 9.64 Å². The Hall–Kier alpha value is -3.31. The Labute approximate surface area is 201 Å². The third kappa shape index (κ3) is 4.05. The fourth-order valence-electron chi connectivity index (χ4n) is 5.75. The second-order valence-corrected chi connectivity index (χ2v) is 9.80. The highest BCUT2D eigenvalue weighted by Crippen LogP contribution is 2.33. The number of hydrogen-bond acceptors (Lipinski definition) is 4. The largest absolute Gasteiger partial charge is 0.457 e. The fourth-order valence-corrected chi connectivity index (χ4v) is 5.75. The second kappa shape index (κ2) is 8.80. The molecule has 0 aromatic heterocycles. The SMILES string of the molecule is Cc1cc(N2CCN3CCCC3C2)cc2c1C(=O)N(Cc1ccc(Oc3ccccc3)cc1)C2. The molecule has 174 valence electrons. The first-order valence-corrected chi connectivity index (χ1v) is 12.4. The van der Waals surface area contributed by atoms with Gasteiger partial charge in [0.1, 0.15) is 11.5 Å². The molecule has 34 heavy (non-hydrogen) atoms. The Bertz CT molecular complexity index is 1190. The van der Waals surface area contributed by atoms with Crippen molar-refractivity contribution in [2.24, 2.45) is 0 Å². The lowest BCUT2D eigenvalue weighted by Crippen LogP contribution is -2.50. The van der Waals surface area contributed by atoms with E-state index in [-0.39, 0.29) is 5.91 Å². The van der Waals surface area contributed by atoms with E-state index in [1.54, 1.807) is 0 Å². The minimum absolute atomic E-state index is 0.143. The molecule has 3 heterocycles. The number of carbonyl (C=O) groups is 1. The third-order valence-corrected chi connectivity index (χ3v) is 7.49. The van der Waals surface area contributed by atoms with Gasteiger partial charge in [-0.05, 0) is 79.4 Å². The molecule has 0 spiro atoms. The van der Waals surface area contributed by atoms with E-state index in [0.29, 0.717) is 19.1 Å². The number of piperazine rings is 1. The molecule has 3 aromatic carbocycles. The van der Waals surface area contributed by atoms with E-state index in [1.165, 1.54) is 25.1 Å². The first kappa shape index (κ1) is 21.2. The quantitative estimate of drug-likeness (QED) is 0.530. The first-order valence-electron chi connectivity index (χ1n) is 12.4. The maximum absolute atomic E-state index is 13.2. The number of amides is 1. The Balaban J connectivity index is 1.15. The van der Waals surface area contributed by atoms with Crippen molar-refractivity contribution >= 4 is 11.6 Å². The molecule has 5 nitrogen and oxygen atoms in total. The molecule has 5 heteroatoms. The number of rotatable bonds is 5. The standard InChI is InChI=1S/C29H31N3O2/c1-21-16-25(31-15-14-30-13-5-6-24(30)20-31)17-23-19-32(29(33)28(21)23)18-22-9-11-27(12-10-22)34-26-7-3-2-4-8-26/h2-4,7-12,16-17,24H,5-6,13-15,18-20H2,1H3. The van der Waals surface area contributed by atoms with Crippen LogP contribution in [0.2, 0.25) is 0 Å². The maximum atomic E-state index is 13.2. The van der Waals surface area contributed by atoms with E-state index >= 15 is 0 Å². The van der Waals surface area contributed by atoms with E-state index in [2.05, 4.69) is 28.9 Å². The molecule has 3 aliphatic heterocycles. The molecular formula is C29H31N3O2. The van der Waals surface area contributed by atoms with Crippen LogP contribution in [0.3, 0.4) is 0 Å². The molecule has 1 unspecified atom stereocenters. The van der Waals surface area contributed by atoms with Crippen molar-refractivity contribution in [3.05, 3.63) is 89.0 Å². The fraction of sp³-hybridized carbons (Fsp3) is 0.345. The van der Waals surface area contributed by atoms with Crippen molar-refractivity contribution in [3.63, 3.8) is 0 Å². The van der Waals surface area contributed by atoms with Crippen LogP contribution in [0.5, 0.6) is 11.5 Å². The van der Waals surface area contributed by atoms with Crippen LogP contribution in [0.1, 0.15) is 39.9 Å². The van der Waals surface area contributed by atoms with E-state index in [1.807, 2.05) is 59.5 Å². The van der Waals surface area contributed by atoms with Gasteiger partial charge in [0.25, 0.3) is 5.91 Å². The molecular weight excluding hydrogens is 422 g/mol. The van der Waals surface area contributed by atoms with Crippen LogP contribution >= 0.6 is 0 Å². The van der Waals surface area contributed by atoms with Crippen LogP contribution in [-0.4, -0.2) is 47.9 Å². The molecule has 0 aliphatic carbocycles. The Kier molecular flexibility index (Phi) is 5.50. The predicted molar refractivity (Wildman–Crippen MR) is 135 cm³/mol. The molecule has 1 amide bonds. The smallest absolute Gasteiger partial charge is 0.255 e. The summed E-state index contributed by atoms with van der Waals surface area (Å²) in [5.41, 5.74) is 5.54. The summed E-state index contributed by atoms with van der Waals surface area (Å²) in [6, 6.07) is 23.0. The minimum Gasteiger partial charge on any atom is -0.457 e. The van der Waals surface area contributed by atoms with Gasteiger partial charge in [-0.3, -0.25) is 9.69 Å². The molecule has 2 fully saturated rings. The summed E-state index contributed by atoms with van der Waals surface area (Å²) >= 11 is 0. The van der Waals surface area contributed by atoms with Crippen LogP contribution in [0.4, 0.5) is 5.69 Å². The Morgan fingerprint density at radius 3 is 2.56 bits per heavy atom. The summed E-state index contributed by atoms with van der Waals surface area (Å²) in [6.45, 7) is 7.95. The molecule has 3 aliphatic rings. The van der Waals surface area contributed by atoms with Crippen molar-refractivity contribution in [2.75, 3.05) is 31.1 Å². The summed E-state index contributed by atoms with van der Waals surface area (Å²) < 4.78 is 5.90. The topological polar surface area (TPSA) is 36.0 Å². The number of benzene rings is 3. The lowest BCUT2D eigenvalue weighted by atomic mass is 10.0. The van der Waals surface area contributed by atoms with Crippen molar-refractivity contribution in [2.45, 2.75) is 38.9 Å². The van der Waals surface area contributed by atoms with Crippen molar-refractivity contribution in [1.82, 2.24) is 9.80 Å². The monoisotopic (exact) mass is 453 g/mol. The number of fused-ring (bicyclic) bond motifs is 2. The highest BCUT2D eigenvalue weighted by Gasteiger charge is 2.33. The Morgan fingerprint density at radius 2 is 1.74 bits per heavy atom. The van der Waals surface area contributed by atoms with Gasteiger partial charge in [-0.1, -0.05) is 30.3 Å². The average molecular weight is 454 g/mol. The molecule has 1 atom stereocenters. The second-order valence-electron chi connectivity index (χ2n) is 9.80. The van der Waals surface area contributed by atoms with Gasteiger partial charge in [0, 0.05) is 50.0 Å². The number of hydrogen-bond donors (Lipinski definition) is 0. The molecule has 0 N–H and O–H groups in total. The van der Waals surface area contributed by atoms with Gasteiger partial charge in [0.2, 0.25) is 0 Å². The summed E-state index contributed by atoms with van der Waals surface area (Å²) in [7, 11) is 0. The zero-order valence-electron chi connectivity index (χ0n) is 19.7. The van der Waals surface area contributed by atoms with Gasteiger partial charge in [-0.25, -0.2) is 0 Å². The highest BCUT2D eigenvalue weighted by molar-refractivity contribution is 6.00. The molecule has 3 aromatic rings. The van der Waals surface area contributed by atoms with Gasteiger partial charge in [-0.2, -0.15) is 0 Å². The maximum Gasteiger partial charge on any atom is 0.255 e. The number of para-hydroxylation sites is 1. The van der Waals surface area contributed by atoms with Crippen molar-refractivity contribution in [1.29, 1.82) is 0 Å². The van der Waals surface area contributed by atoms with Crippen LogP contribution in [0.25, 0.3) is 0 Å². The lowest BCUT2D eigenvalue weighted by Gasteiger charge is -2.39. The molecule has 0 bridgehead atoms. The zero-order valence-corrected chi connectivity index (χ0v) is 19.7. The summed E-state index contributed by atoms with van der Waals surface area (Å²) in [4.78, 5) is 20.4. The molecule has 2 saturated heterocycles. The Morgan fingerprint density at radius 1 is 0.941 bits per heavy atom. The first-order chi connectivity index (χ1) is 16.6. The minimum atomic E-state index is 0.143. The average Bonchev–Trinajstić information content (AvgIpc) is 3.45. The van der Waals surface area contributed by atoms with Gasteiger partial charge in [-0.15, -0.1) is 0 Å². The van der Waals surface area contributed by atoms with Gasteiger partial charge < -0.3 is 14.5 Å². The molecule has 6 rings (SSSR count). The van der Waals surface area contributed by atoms with Crippen LogP contribution in [0, 0.1) is 6.92 Å². The summed E-state index contributed by atoms with van der Waals surface area (Å²) in [6.07, 6.45) is 2.63. The number of aryl methyl sites for hydroxylation is 1. The van der Waals surface area contributed by atoms with Crippen molar-refractivity contribution in [3.8, 4) is 11.5 Å². The molecule has 0 saturated carbocycles. The lowest BCUT2D eigenvalue weighted by molar-refractivity contribution is 0.0766. The van der Waals surface area contributed by atoms with E-state index in [9.17, 15) is 4.79 Å². The number of anilines is 1. The van der Waals surface area contributed by atoms with Gasteiger partial charge in [0.15, 0.2) is 0 Å². The van der Waals surface area contributed by atoms with Gasteiger partial charge >= 0.3 is 0 Å². The van der Waals surface area contributed by atoms with Crippen LogP contribution in [0.15, 0.2) is 66.7 Å². The molecule has 0 radical (unpaired) electrons. The number of ether oxygens (including phenoxy) is 1. The zero-order chi connectivity index (χ0) is 23.1. The van der Waals surface area contributed by atoms with Crippen LogP contribution in [-0.2, 0) is 13.1 Å². The highest BCUT2D eigenvalue weighted by atomic mass is 16.5. The van der Waals surface area contributed by atoms with Gasteiger partial charge in [0.05, 0.1) is 0 Å². The summed E-state index contributed by atoms with van der Waals surface area (Å²) in [5, 5.41) is 0. The van der Waals surface area contributed by atoms with Crippen molar-refractivity contribution < 1.29 is 9.53 Å². The number of carbonyl (C=O) groups excluding carboxylic acids is 1. The van der Waals surface area contributed by atoms with E-state index < -0.39 is 0 Å². The normalized spacial score (nSPS) is 19.9.